The molecule has 1 N–H and O–H groups in total. The Kier molecular flexibility index (Phi) is 3.88. The van der Waals surface area contributed by atoms with Crippen LogP contribution >= 0.6 is 11.3 Å². The number of rotatable bonds is 5. The Morgan fingerprint density at radius 3 is 3.06 bits per heavy atom. The molecular weight excluding hydrogens is 256 g/mol. The van der Waals surface area contributed by atoms with Gasteiger partial charge in [-0.05, 0) is 6.92 Å². The largest absolute Gasteiger partial charge is 0.461 e. The van der Waals surface area contributed by atoms with Gasteiger partial charge < -0.3 is 14.6 Å². The van der Waals surface area contributed by atoms with Crippen LogP contribution < -0.4 is 5.32 Å². The number of esters is 1. The van der Waals surface area contributed by atoms with Crippen molar-refractivity contribution < 1.29 is 14.1 Å². The van der Waals surface area contributed by atoms with E-state index in [-0.39, 0.29) is 0 Å². The first kappa shape index (κ1) is 12.5. The van der Waals surface area contributed by atoms with Gasteiger partial charge in [0.1, 0.15) is 0 Å². The SMILES string of the molecule is CCOC(=O)c1csc(NCc2noc(C)n2)n1. The summed E-state index contributed by atoms with van der Waals surface area (Å²) < 4.78 is 9.68. The quantitative estimate of drug-likeness (QED) is 0.824. The number of aryl methyl sites for hydroxylation is 1. The number of carbonyl (C=O) groups excluding carboxylic acids is 1. The van der Waals surface area contributed by atoms with E-state index in [1.807, 2.05) is 0 Å². The molecule has 0 fully saturated rings. The molecule has 18 heavy (non-hydrogen) atoms. The zero-order valence-electron chi connectivity index (χ0n) is 9.97. The summed E-state index contributed by atoms with van der Waals surface area (Å²) in [5.41, 5.74) is 0.300. The summed E-state index contributed by atoms with van der Waals surface area (Å²) in [4.78, 5) is 19.5. The molecule has 2 aromatic heterocycles. The number of nitrogens with zero attached hydrogens (tertiary/aromatic N) is 3. The summed E-state index contributed by atoms with van der Waals surface area (Å²) in [6, 6.07) is 0. The summed E-state index contributed by atoms with van der Waals surface area (Å²) in [5.74, 6) is 0.635. The molecule has 0 saturated heterocycles. The van der Waals surface area contributed by atoms with Gasteiger partial charge >= 0.3 is 5.97 Å². The molecule has 2 rings (SSSR count). The van der Waals surface area contributed by atoms with Gasteiger partial charge in [0.15, 0.2) is 16.6 Å². The highest BCUT2D eigenvalue weighted by atomic mass is 32.1. The lowest BCUT2D eigenvalue weighted by Crippen LogP contribution is -2.06. The van der Waals surface area contributed by atoms with E-state index in [1.54, 1.807) is 19.2 Å². The molecule has 0 saturated carbocycles. The number of aromatic nitrogens is 3. The van der Waals surface area contributed by atoms with Crippen molar-refractivity contribution in [1.29, 1.82) is 0 Å². The minimum atomic E-state index is -0.419. The summed E-state index contributed by atoms with van der Waals surface area (Å²) in [5, 5.41) is 9.00. The maximum atomic E-state index is 11.4. The third-order valence-corrected chi connectivity index (χ3v) is 2.76. The van der Waals surface area contributed by atoms with E-state index in [9.17, 15) is 4.79 Å². The average molecular weight is 268 g/mol. The van der Waals surface area contributed by atoms with Crippen LogP contribution in [0.15, 0.2) is 9.90 Å². The van der Waals surface area contributed by atoms with Crippen LogP contribution in [0, 0.1) is 6.92 Å². The fourth-order valence-electron chi connectivity index (χ4n) is 1.22. The van der Waals surface area contributed by atoms with E-state index in [0.29, 0.717) is 35.7 Å². The van der Waals surface area contributed by atoms with Gasteiger partial charge in [0, 0.05) is 12.3 Å². The van der Waals surface area contributed by atoms with Gasteiger partial charge in [0.25, 0.3) is 0 Å². The molecule has 0 spiro atoms. The Morgan fingerprint density at radius 1 is 1.56 bits per heavy atom. The van der Waals surface area contributed by atoms with Gasteiger partial charge in [-0.25, -0.2) is 9.78 Å². The number of anilines is 1. The monoisotopic (exact) mass is 268 g/mol. The van der Waals surface area contributed by atoms with Crippen LogP contribution in [-0.2, 0) is 11.3 Å². The number of hydrogen-bond acceptors (Lipinski definition) is 8. The molecule has 2 aromatic rings. The van der Waals surface area contributed by atoms with Crippen molar-refractivity contribution in [2.24, 2.45) is 0 Å². The van der Waals surface area contributed by atoms with Crippen molar-refractivity contribution in [2.75, 3.05) is 11.9 Å². The lowest BCUT2D eigenvalue weighted by Gasteiger charge is -1.97. The smallest absolute Gasteiger partial charge is 0.357 e. The van der Waals surface area contributed by atoms with Crippen LogP contribution in [0.5, 0.6) is 0 Å². The standard InChI is InChI=1S/C10H12N4O3S/c1-3-16-9(15)7-5-18-10(13-7)11-4-8-12-6(2)17-14-8/h5H,3-4H2,1-2H3,(H,11,13). The Bertz CT molecular complexity index is 537. The summed E-state index contributed by atoms with van der Waals surface area (Å²) in [6.45, 7) is 4.20. The Hall–Kier alpha value is -1.96. The Labute approximate surface area is 107 Å². The summed E-state index contributed by atoms with van der Waals surface area (Å²) in [6.07, 6.45) is 0. The van der Waals surface area contributed by atoms with E-state index in [0.717, 1.165) is 0 Å². The van der Waals surface area contributed by atoms with Gasteiger partial charge in [-0.2, -0.15) is 4.98 Å². The number of ether oxygens (including phenoxy) is 1. The minimum Gasteiger partial charge on any atom is -0.461 e. The van der Waals surface area contributed by atoms with Gasteiger partial charge in [-0.3, -0.25) is 0 Å². The molecule has 96 valence electrons. The fraction of sp³-hybridized carbons (Fsp3) is 0.400. The first-order valence-electron chi connectivity index (χ1n) is 5.34. The lowest BCUT2D eigenvalue weighted by atomic mass is 10.5. The highest BCUT2D eigenvalue weighted by Crippen LogP contribution is 2.16. The van der Waals surface area contributed by atoms with E-state index in [2.05, 4.69) is 20.4 Å². The van der Waals surface area contributed by atoms with Gasteiger partial charge in [-0.15, -0.1) is 11.3 Å². The van der Waals surface area contributed by atoms with Crippen LogP contribution in [-0.4, -0.2) is 27.7 Å². The predicted molar refractivity (Wildman–Crippen MR) is 64.4 cm³/mol. The van der Waals surface area contributed by atoms with E-state index < -0.39 is 5.97 Å². The van der Waals surface area contributed by atoms with Gasteiger partial charge in [-0.1, -0.05) is 5.16 Å². The van der Waals surface area contributed by atoms with Gasteiger partial charge in [0.2, 0.25) is 5.89 Å². The number of nitrogens with one attached hydrogen (secondary N) is 1. The molecule has 0 atom stereocenters. The highest BCUT2D eigenvalue weighted by Gasteiger charge is 2.11. The molecule has 0 aliphatic rings. The van der Waals surface area contributed by atoms with Crippen LogP contribution in [0.1, 0.15) is 29.1 Å². The molecule has 7 nitrogen and oxygen atoms in total. The first-order chi connectivity index (χ1) is 8.69. The summed E-state index contributed by atoms with van der Waals surface area (Å²) >= 11 is 1.32. The number of carbonyl (C=O) groups is 1. The number of thiazole rings is 1. The van der Waals surface area contributed by atoms with Crippen molar-refractivity contribution in [2.45, 2.75) is 20.4 Å². The summed E-state index contributed by atoms with van der Waals surface area (Å²) in [7, 11) is 0. The zero-order valence-corrected chi connectivity index (χ0v) is 10.8. The molecular formula is C10H12N4O3S. The molecule has 8 heteroatoms. The van der Waals surface area contributed by atoms with E-state index in [1.165, 1.54) is 11.3 Å². The van der Waals surface area contributed by atoms with Crippen LogP contribution in [0.4, 0.5) is 5.13 Å². The maximum absolute atomic E-state index is 11.4. The molecule has 0 unspecified atom stereocenters. The van der Waals surface area contributed by atoms with Crippen molar-refractivity contribution in [3.8, 4) is 0 Å². The predicted octanol–water partition coefficient (Wildman–Crippen LogP) is 1.62. The normalized spacial score (nSPS) is 10.3. The maximum Gasteiger partial charge on any atom is 0.357 e. The molecule has 0 bridgehead atoms. The molecule has 2 heterocycles. The second kappa shape index (κ2) is 5.58. The molecule has 0 radical (unpaired) electrons. The van der Waals surface area contributed by atoms with Gasteiger partial charge in [0.05, 0.1) is 13.2 Å². The van der Waals surface area contributed by atoms with Crippen LogP contribution in [0.2, 0.25) is 0 Å². The average Bonchev–Trinajstić information content (AvgIpc) is 2.95. The lowest BCUT2D eigenvalue weighted by molar-refractivity contribution is 0.0520. The Balaban J connectivity index is 1.92. The van der Waals surface area contributed by atoms with Crippen LogP contribution in [0.3, 0.4) is 0 Å². The third-order valence-electron chi connectivity index (χ3n) is 1.96. The number of hydrogen-bond donors (Lipinski definition) is 1. The van der Waals surface area contributed by atoms with E-state index in [4.69, 9.17) is 9.26 Å². The van der Waals surface area contributed by atoms with Crippen molar-refractivity contribution in [3.63, 3.8) is 0 Å². The van der Waals surface area contributed by atoms with Crippen molar-refractivity contribution in [3.05, 3.63) is 22.8 Å². The fourth-order valence-corrected chi connectivity index (χ4v) is 1.90. The van der Waals surface area contributed by atoms with Crippen molar-refractivity contribution in [1.82, 2.24) is 15.1 Å². The Morgan fingerprint density at radius 2 is 2.39 bits per heavy atom. The molecule has 0 aliphatic heterocycles. The highest BCUT2D eigenvalue weighted by molar-refractivity contribution is 7.13. The second-order valence-corrected chi connectivity index (χ2v) is 4.20. The minimum absolute atomic E-state index is 0.300. The zero-order chi connectivity index (χ0) is 13.0. The van der Waals surface area contributed by atoms with E-state index >= 15 is 0 Å². The molecule has 0 aromatic carbocycles. The topological polar surface area (TPSA) is 90.1 Å². The molecule has 0 aliphatic carbocycles. The second-order valence-electron chi connectivity index (χ2n) is 3.34. The van der Waals surface area contributed by atoms with Crippen LogP contribution in [0.25, 0.3) is 0 Å². The molecule has 0 amide bonds. The van der Waals surface area contributed by atoms with Crippen molar-refractivity contribution >= 4 is 22.4 Å². The first-order valence-corrected chi connectivity index (χ1v) is 6.22. The third kappa shape index (κ3) is 3.04.